The van der Waals surface area contributed by atoms with Gasteiger partial charge in [0, 0.05) is 37.4 Å². The summed E-state index contributed by atoms with van der Waals surface area (Å²) in [7, 11) is 1.66. The summed E-state index contributed by atoms with van der Waals surface area (Å²) < 4.78 is 19.5. The third-order valence-electron chi connectivity index (χ3n) is 4.29. The molecule has 0 aromatic heterocycles. The highest BCUT2D eigenvalue weighted by molar-refractivity contribution is 5.54. The summed E-state index contributed by atoms with van der Waals surface area (Å²) in [4.78, 5) is 4.32. The molecule has 1 N–H and O–H groups in total. The van der Waals surface area contributed by atoms with Crippen molar-refractivity contribution in [3.63, 3.8) is 0 Å². The number of piperazine rings is 1. The van der Waals surface area contributed by atoms with E-state index in [-0.39, 0.29) is 12.4 Å². The van der Waals surface area contributed by atoms with Crippen molar-refractivity contribution in [2.45, 2.75) is 6.61 Å². The fourth-order valence-corrected chi connectivity index (χ4v) is 2.93. The molecule has 0 radical (unpaired) electrons. The largest absolute Gasteiger partial charge is 0.497 e. The molecule has 3 rings (SSSR count). The summed E-state index contributed by atoms with van der Waals surface area (Å²) in [6, 6.07) is 13.2. The molecule has 1 fully saturated rings. The Bertz CT molecular complexity index is 653. The average Bonchev–Trinajstić information content (AvgIpc) is 2.62. The Hall–Kier alpha value is -2.27. The van der Waals surface area contributed by atoms with E-state index in [2.05, 4.69) is 4.90 Å². The van der Waals surface area contributed by atoms with Crippen LogP contribution in [0.3, 0.4) is 0 Å². The summed E-state index contributed by atoms with van der Waals surface area (Å²) in [5.41, 5.74) is 2.07. The van der Waals surface area contributed by atoms with E-state index in [4.69, 9.17) is 4.74 Å². The molecule has 0 aliphatic carbocycles. The first-order valence-corrected chi connectivity index (χ1v) is 7.75. The highest BCUT2D eigenvalue weighted by Crippen LogP contribution is 2.26. The Morgan fingerprint density at radius 2 is 1.65 bits per heavy atom. The zero-order valence-corrected chi connectivity index (χ0v) is 13.2. The first kappa shape index (κ1) is 15.6. The van der Waals surface area contributed by atoms with Crippen LogP contribution in [0.4, 0.5) is 15.8 Å². The predicted octanol–water partition coefficient (Wildman–Crippen LogP) is 2.65. The van der Waals surface area contributed by atoms with Gasteiger partial charge in [-0.05, 0) is 30.3 Å². The van der Waals surface area contributed by atoms with Gasteiger partial charge in [-0.15, -0.1) is 0 Å². The topological polar surface area (TPSA) is 35.9 Å². The zero-order valence-electron chi connectivity index (χ0n) is 13.2. The average molecular weight is 316 g/mol. The molecule has 0 spiro atoms. The third kappa shape index (κ3) is 3.24. The third-order valence-corrected chi connectivity index (χ3v) is 4.29. The van der Waals surface area contributed by atoms with E-state index in [1.807, 2.05) is 29.2 Å². The van der Waals surface area contributed by atoms with E-state index >= 15 is 0 Å². The van der Waals surface area contributed by atoms with Crippen LogP contribution in [0.1, 0.15) is 5.56 Å². The van der Waals surface area contributed by atoms with Crippen molar-refractivity contribution >= 4 is 11.4 Å². The van der Waals surface area contributed by atoms with Crippen LogP contribution < -0.4 is 14.5 Å². The first-order valence-electron chi connectivity index (χ1n) is 7.75. The van der Waals surface area contributed by atoms with Crippen LogP contribution >= 0.6 is 0 Å². The Morgan fingerprint density at radius 1 is 1.00 bits per heavy atom. The van der Waals surface area contributed by atoms with Crippen LogP contribution in [0.15, 0.2) is 42.5 Å². The molecule has 122 valence electrons. The zero-order chi connectivity index (χ0) is 16.2. The number of halogens is 1. The van der Waals surface area contributed by atoms with Gasteiger partial charge in [-0.25, -0.2) is 4.39 Å². The maximum atomic E-state index is 14.3. The van der Waals surface area contributed by atoms with E-state index in [1.54, 1.807) is 25.3 Å². The number of aliphatic hydroxyl groups is 1. The molecule has 23 heavy (non-hydrogen) atoms. The van der Waals surface area contributed by atoms with Gasteiger partial charge in [0.1, 0.15) is 5.75 Å². The molecule has 1 heterocycles. The highest BCUT2D eigenvalue weighted by Gasteiger charge is 2.20. The number of hydrogen-bond donors (Lipinski definition) is 1. The number of hydrogen-bond acceptors (Lipinski definition) is 4. The SMILES string of the molecule is COc1ccc(N2CCN(c3cccc(CO)c3F)CC2)cc1. The van der Waals surface area contributed by atoms with Crippen LogP contribution in [-0.4, -0.2) is 38.4 Å². The Balaban J connectivity index is 1.68. The summed E-state index contributed by atoms with van der Waals surface area (Å²) in [6.07, 6.45) is 0. The van der Waals surface area contributed by atoms with Crippen molar-refractivity contribution in [1.82, 2.24) is 0 Å². The van der Waals surface area contributed by atoms with Crippen molar-refractivity contribution in [3.8, 4) is 5.75 Å². The number of benzene rings is 2. The van der Waals surface area contributed by atoms with Gasteiger partial charge < -0.3 is 19.6 Å². The molecule has 2 aromatic carbocycles. The van der Waals surface area contributed by atoms with Gasteiger partial charge in [-0.3, -0.25) is 0 Å². The number of methoxy groups -OCH3 is 1. The van der Waals surface area contributed by atoms with Crippen LogP contribution in [0.2, 0.25) is 0 Å². The van der Waals surface area contributed by atoms with Gasteiger partial charge in [0.25, 0.3) is 0 Å². The highest BCUT2D eigenvalue weighted by atomic mass is 19.1. The lowest BCUT2D eigenvalue weighted by molar-refractivity contribution is 0.276. The lowest BCUT2D eigenvalue weighted by Crippen LogP contribution is -2.46. The summed E-state index contributed by atoms with van der Waals surface area (Å²) >= 11 is 0. The fraction of sp³-hybridized carbons (Fsp3) is 0.333. The maximum absolute atomic E-state index is 14.3. The lowest BCUT2D eigenvalue weighted by Gasteiger charge is -2.37. The van der Waals surface area contributed by atoms with Gasteiger partial charge in [0.05, 0.1) is 19.4 Å². The predicted molar refractivity (Wildman–Crippen MR) is 89.7 cm³/mol. The molecular weight excluding hydrogens is 295 g/mol. The second-order valence-electron chi connectivity index (χ2n) is 5.58. The van der Waals surface area contributed by atoms with E-state index in [0.717, 1.165) is 37.6 Å². The monoisotopic (exact) mass is 316 g/mol. The number of nitrogens with zero attached hydrogens (tertiary/aromatic N) is 2. The van der Waals surface area contributed by atoms with Crippen molar-refractivity contribution < 1.29 is 14.2 Å². The second kappa shape index (κ2) is 6.87. The van der Waals surface area contributed by atoms with Crippen molar-refractivity contribution in [2.24, 2.45) is 0 Å². The Kier molecular flexibility index (Phi) is 4.67. The number of rotatable bonds is 4. The molecule has 1 aliphatic heterocycles. The van der Waals surface area contributed by atoms with E-state index < -0.39 is 0 Å². The van der Waals surface area contributed by atoms with Gasteiger partial charge in [-0.1, -0.05) is 12.1 Å². The smallest absolute Gasteiger partial charge is 0.151 e. The van der Waals surface area contributed by atoms with Crippen molar-refractivity contribution in [3.05, 3.63) is 53.8 Å². The van der Waals surface area contributed by atoms with Crippen LogP contribution in [0, 0.1) is 5.82 Å². The van der Waals surface area contributed by atoms with Gasteiger partial charge >= 0.3 is 0 Å². The first-order chi connectivity index (χ1) is 11.2. The molecule has 0 amide bonds. The quantitative estimate of drug-likeness (QED) is 0.941. The molecule has 1 saturated heterocycles. The lowest BCUT2D eigenvalue weighted by atomic mass is 10.1. The van der Waals surface area contributed by atoms with Gasteiger partial charge in [-0.2, -0.15) is 0 Å². The van der Waals surface area contributed by atoms with Crippen LogP contribution in [0.25, 0.3) is 0 Å². The Labute approximate surface area is 135 Å². The van der Waals surface area contributed by atoms with E-state index in [9.17, 15) is 9.50 Å². The van der Waals surface area contributed by atoms with Crippen LogP contribution in [0.5, 0.6) is 5.75 Å². The molecule has 0 unspecified atom stereocenters. The summed E-state index contributed by atoms with van der Waals surface area (Å²) in [5.74, 6) is 0.531. The summed E-state index contributed by atoms with van der Waals surface area (Å²) in [6.45, 7) is 2.88. The number of anilines is 2. The van der Waals surface area contributed by atoms with Crippen LogP contribution in [-0.2, 0) is 6.61 Å². The van der Waals surface area contributed by atoms with Crippen molar-refractivity contribution in [1.29, 1.82) is 0 Å². The normalized spacial score (nSPS) is 14.9. The molecule has 5 heteroatoms. The van der Waals surface area contributed by atoms with Gasteiger partial charge in [0.2, 0.25) is 0 Å². The molecule has 0 bridgehead atoms. The fourth-order valence-electron chi connectivity index (χ4n) is 2.93. The number of aliphatic hydroxyl groups excluding tert-OH is 1. The summed E-state index contributed by atoms with van der Waals surface area (Å²) in [5, 5.41) is 9.20. The minimum absolute atomic E-state index is 0.272. The van der Waals surface area contributed by atoms with E-state index in [1.165, 1.54) is 0 Å². The minimum atomic E-state index is -0.312. The van der Waals surface area contributed by atoms with Crippen molar-refractivity contribution in [2.75, 3.05) is 43.1 Å². The number of ether oxygens (including phenoxy) is 1. The van der Waals surface area contributed by atoms with Gasteiger partial charge in [0.15, 0.2) is 5.82 Å². The Morgan fingerprint density at radius 3 is 2.26 bits per heavy atom. The standard InChI is InChI=1S/C18H21FN2O2/c1-23-16-7-5-15(6-8-16)20-9-11-21(12-10-20)17-4-2-3-14(13-22)18(17)19/h2-8,22H,9-13H2,1H3. The molecule has 4 nitrogen and oxygen atoms in total. The molecular formula is C18H21FN2O2. The van der Waals surface area contributed by atoms with E-state index in [0.29, 0.717) is 11.3 Å². The molecule has 2 aromatic rings. The molecule has 1 aliphatic rings. The molecule has 0 atom stereocenters. The maximum Gasteiger partial charge on any atom is 0.151 e. The molecule has 0 saturated carbocycles. The minimum Gasteiger partial charge on any atom is -0.497 e. The second-order valence-corrected chi connectivity index (χ2v) is 5.58.